The van der Waals surface area contributed by atoms with Gasteiger partial charge in [0.05, 0.1) is 7.11 Å². The van der Waals surface area contributed by atoms with Crippen LogP contribution in [0.1, 0.15) is 39.2 Å². The molecule has 2 atom stereocenters. The molecule has 1 aromatic carbocycles. The van der Waals surface area contributed by atoms with Gasteiger partial charge in [-0.2, -0.15) is 0 Å². The monoisotopic (exact) mass is 267 g/mol. The van der Waals surface area contributed by atoms with E-state index in [0.717, 1.165) is 24.9 Å². The topological polar surface area (TPSA) is 21.3 Å². The van der Waals surface area contributed by atoms with Crippen LogP contribution < -0.4 is 10.1 Å². The molecule has 1 aromatic rings. The Labute approximate surface area is 116 Å². The van der Waals surface area contributed by atoms with Gasteiger partial charge in [-0.15, -0.1) is 0 Å². The average Bonchev–Trinajstić information content (AvgIpc) is 2.41. The van der Waals surface area contributed by atoms with Crippen molar-refractivity contribution in [3.05, 3.63) is 29.6 Å². The van der Waals surface area contributed by atoms with Crippen LogP contribution in [0, 0.1) is 11.7 Å². The Bertz CT molecular complexity index is 381. The number of halogens is 1. The highest BCUT2D eigenvalue weighted by Gasteiger charge is 2.16. The molecular formula is C16H26FNO. The molecule has 0 radical (unpaired) electrons. The molecule has 0 aliphatic heterocycles. The van der Waals surface area contributed by atoms with Gasteiger partial charge in [0, 0.05) is 6.04 Å². The zero-order valence-electron chi connectivity index (χ0n) is 12.5. The maximum Gasteiger partial charge on any atom is 0.168 e. The third-order valence-electron chi connectivity index (χ3n) is 3.61. The van der Waals surface area contributed by atoms with Gasteiger partial charge in [0.25, 0.3) is 0 Å². The minimum atomic E-state index is -0.225. The van der Waals surface area contributed by atoms with E-state index in [0.29, 0.717) is 24.1 Å². The smallest absolute Gasteiger partial charge is 0.168 e. The molecular weight excluding hydrogens is 241 g/mol. The molecule has 0 aliphatic carbocycles. The summed E-state index contributed by atoms with van der Waals surface area (Å²) in [5.41, 5.74) is 0.730. The van der Waals surface area contributed by atoms with Crippen molar-refractivity contribution >= 4 is 0 Å². The summed E-state index contributed by atoms with van der Waals surface area (Å²) in [6.07, 6.45) is 2.94. The van der Waals surface area contributed by atoms with Crippen molar-refractivity contribution in [1.82, 2.24) is 5.32 Å². The summed E-state index contributed by atoms with van der Waals surface area (Å²) in [5.74, 6) is 0.756. The molecule has 108 valence electrons. The summed E-state index contributed by atoms with van der Waals surface area (Å²) < 4.78 is 19.2. The molecule has 3 heteroatoms. The van der Waals surface area contributed by atoms with Crippen LogP contribution in [0.2, 0.25) is 0 Å². The Balaban J connectivity index is 2.78. The van der Waals surface area contributed by atoms with Gasteiger partial charge in [-0.3, -0.25) is 0 Å². The molecule has 1 N–H and O–H groups in total. The first-order valence-electron chi connectivity index (χ1n) is 7.17. The zero-order chi connectivity index (χ0) is 14.3. The normalized spacial score (nSPS) is 14.2. The Morgan fingerprint density at radius 2 is 2.05 bits per heavy atom. The molecule has 0 saturated carbocycles. The summed E-state index contributed by atoms with van der Waals surface area (Å²) >= 11 is 0. The second kappa shape index (κ2) is 8.16. The maximum atomic E-state index is 14.1. The molecule has 0 aromatic heterocycles. The van der Waals surface area contributed by atoms with Crippen molar-refractivity contribution < 1.29 is 9.13 Å². The van der Waals surface area contributed by atoms with Gasteiger partial charge < -0.3 is 10.1 Å². The SMILES string of the molecule is CCNC(Cc1cccc(OC)c1F)CC(C)CC. The van der Waals surface area contributed by atoms with Crippen LogP contribution in [0.4, 0.5) is 4.39 Å². The van der Waals surface area contributed by atoms with Crippen LogP contribution >= 0.6 is 0 Å². The molecule has 0 amide bonds. The number of nitrogens with one attached hydrogen (secondary N) is 1. The Morgan fingerprint density at radius 3 is 2.63 bits per heavy atom. The molecule has 0 spiro atoms. The van der Waals surface area contributed by atoms with Crippen LogP contribution in [-0.2, 0) is 6.42 Å². The summed E-state index contributed by atoms with van der Waals surface area (Å²) in [7, 11) is 1.50. The van der Waals surface area contributed by atoms with E-state index < -0.39 is 0 Å². The molecule has 19 heavy (non-hydrogen) atoms. The highest BCUT2D eigenvalue weighted by molar-refractivity contribution is 5.31. The Morgan fingerprint density at radius 1 is 1.32 bits per heavy atom. The average molecular weight is 267 g/mol. The van der Waals surface area contributed by atoms with Gasteiger partial charge in [-0.1, -0.05) is 39.3 Å². The molecule has 0 aliphatic rings. The number of methoxy groups -OCH3 is 1. The summed E-state index contributed by atoms with van der Waals surface area (Å²) in [6.45, 7) is 7.43. The van der Waals surface area contributed by atoms with Crippen molar-refractivity contribution in [2.24, 2.45) is 5.92 Å². The quantitative estimate of drug-likeness (QED) is 0.773. The second-order valence-corrected chi connectivity index (χ2v) is 5.14. The van der Waals surface area contributed by atoms with Crippen LogP contribution in [-0.4, -0.2) is 19.7 Å². The van der Waals surface area contributed by atoms with Crippen molar-refractivity contribution in [1.29, 1.82) is 0 Å². The van der Waals surface area contributed by atoms with Crippen molar-refractivity contribution in [3.8, 4) is 5.75 Å². The summed E-state index contributed by atoms with van der Waals surface area (Å²) in [6, 6.07) is 5.68. The molecule has 2 nitrogen and oxygen atoms in total. The zero-order valence-corrected chi connectivity index (χ0v) is 12.5. The summed E-state index contributed by atoms with van der Waals surface area (Å²) in [4.78, 5) is 0. The van der Waals surface area contributed by atoms with Crippen molar-refractivity contribution in [2.75, 3.05) is 13.7 Å². The largest absolute Gasteiger partial charge is 0.494 e. The number of rotatable bonds is 8. The predicted octanol–water partition coefficient (Wildman–Crippen LogP) is 3.79. The van der Waals surface area contributed by atoms with E-state index in [1.165, 1.54) is 7.11 Å². The standard InChI is InChI=1S/C16H26FNO/c1-5-12(3)10-14(18-6-2)11-13-8-7-9-15(19-4)16(13)17/h7-9,12,14,18H,5-6,10-11H2,1-4H3. The molecule has 0 saturated heterocycles. The van der Waals surface area contributed by atoms with Crippen LogP contribution in [0.3, 0.4) is 0 Å². The van der Waals surface area contributed by atoms with E-state index in [1.54, 1.807) is 6.07 Å². The van der Waals surface area contributed by atoms with E-state index in [2.05, 4.69) is 26.1 Å². The van der Waals surface area contributed by atoms with E-state index in [9.17, 15) is 4.39 Å². The molecule has 0 heterocycles. The number of ether oxygens (including phenoxy) is 1. The first kappa shape index (κ1) is 16.0. The predicted molar refractivity (Wildman–Crippen MR) is 78.2 cm³/mol. The number of benzene rings is 1. The van der Waals surface area contributed by atoms with E-state index in [1.807, 2.05) is 12.1 Å². The van der Waals surface area contributed by atoms with Crippen molar-refractivity contribution in [3.63, 3.8) is 0 Å². The van der Waals surface area contributed by atoms with Crippen molar-refractivity contribution in [2.45, 2.75) is 46.1 Å². The lowest BCUT2D eigenvalue weighted by Gasteiger charge is -2.21. The summed E-state index contributed by atoms with van der Waals surface area (Å²) in [5, 5.41) is 3.45. The molecule has 0 fully saturated rings. The first-order valence-corrected chi connectivity index (χ1v) is 7.17. The number of likely N-dealkylation sites (N-methyl/N-ethyl adjacent to an activating group) is 1. The second-order valence-electron chi connectivity index (χ2n) is 5.14. The van der Waals surface area contributed by atoms with Gasteiger partial charge in [0.1, 0.15) is 0 Å². The fourth-order valence-electron chi connectivity index (χ4n) is 2.32. The lowest BCUT2D eigenvalue weighted by molar-refractivity contribution is 0.373. The van der Waals surface area contributed by atoms with E-state index in [-0.39, 0.29) is 5.82 Å². The Kier molecular flexibility index (Phi) is 6.85. The first-order chi connectivity index (χ1) is 9.12. The molecule has 1 rings (SSSR count). The third kappa shape index (κ3) is 4.83. The van der Waals surface area contributed by atoms with Gasteiger partial charge >= 0.3 is 0 Å². The number of hydrogen-bond acceptors (Lipinski definition) is 2. The van der Waals surface area contributed by atoms with Crippen LogP contribution in [0.15, 0.2) is 18.2 Å². The lowest BCUT2D eigenvalue weighted by Crippen LogP contribution is -2.32. The van der Waals surface area contributed by atoms with Crippen LogP contribution in [0.25, 0.3) is 0 Å². The minimum Gasteiger partial charge on any atom is -0.494 e. The maximum absolute atomic E-state index is 14.1. The lowest BCUT2D eigenvalue weighted by atomic mass is 9.94. The fraction of sp³-hybridized carbons (Fsp3) is 0.625. The highest BCUT2D eigenvalue weighted by Crippen LogP contribution is 2.22. The molecule has 0 bridgehead atoms. The van der Waals surface area contributed by atoms with E-state index in [4.69, 9.17) is 4.74 Å². The van der Waals surface area contributed by atoms with Gasteiger partial charge in [0.15, 0.2) is 11.6 Å². The van der Waals surface area contributed by atoms with Gasteiger partial charge in [-0.05, 0) is 36.9 Å². The van der Waals surface area contributed by atoms with Gasteiger partial charge in [-0.25, -0.2) is 4.39 Å². The Hall–Kier alpha value is -1.09. The van der Waals surface area contributed by atoms with E-state index >= 15 is 0 Å². The highest BCUT2D eigenvalue weighted by atomic mass is 19.1. The third-order valence-corrected chi connectivity index (χ3v) is 3.61. The minimum absolute atomic E-state index is 0.225. The van der Waals surface area contributed by atoms with Crippen LogP contribution in [0.5, 0.6) is 5.75 Å². The fourth-order valence-corrected chi connectivity index (χ4v) is 2.32. The van der Waals surface area contributed by atoms with Gasteiger partial charge in [0.2, 0.25) is 0 Å². The number of hydrogen-bond donors (Lipinski definition) is 1. The molecule has 2 unspecified atom stereocenters.